The average molecular weight is 264 g/mol. The molecule has 2 aromatic rings. The van der Waals surface area contributed by atoms with Crippen molar-refractivity contribution in [2.75, 3.05) is 0 Å². The van der Waals surface area contributed by atoms with Crippen LogP contribution in [-0.4, -0.2) is 21.2 Å². The van der Waals surface area contributed by atoms with Crippen molar-refractivity contribution in [2.45, 2.75) is 0 Å². The first-order valence-corrected chi connectivity index (χ1v) is 4.97. The molecule has 0 saturated heterocycles. The average Bonchev–Trinajstić information content (AvgIpc) is 2.30. The summed E-state index contributed by atoms with van der Waals surface area (Å²) in [5.74, 6) is 0.565. The largest absolute Gasteiger partial charge is 0.298 e. The van der Waals surface area contributed by atoms with Crippen molar-refractivity contribution in [1.29, 1.82) is 0 Å². The monoisotopic (exact) mass is 263 g/mol. The Morgan fingerprint density at radius 3 is 2.53 bits per heavy atom. The lowest BCUT2D eigenvalue weighted by atomic mass is 10.2. The topological polar surface area (TPSA) is 55.7 Å². The van der Waals surface area contributed by atoms with E-state index in [9.17, 15) is 4.79 Å². The minimum absolute atomic E-state index is 0.462. The van der Waals surface area contributed by atoms with Crippen LogP contribution in [0.2, 0.25) is 0 Å². The predicted molar refractivity (Wildman–Crippen MR) is 58.4 cm³/mol. The summed E-state index contributed by atoms with van der Waals surface area (Å²) in [5, 5.41) is 0. The maximum absolute atomic E-state index is 10.4. The smallest absolute Gasteiger partial charge is 0.160 e. The van der Waals surface area contributed by atoms with Gasteiger partial charge in [-0.25, -0.2) is 9.97 Å². The number of carbonyl (C=O) groups is 1. The number of halogens is 1. The molecule has 0 N–H and O–H groups in total. The third-order valence-corrected chi connectivity index (χ3v) is 2.45. The van der Waals surface area contributed by atoms with E-state index in [1.165, 1.54) is 12.4 Å². The quantitative estimate of drug-likeness (QED) is 0.779. The second-order valence-corrected chi connectivity index (χ2v) is 3.67. The Labute approximate surface area is 94.5 Å². The number of aromatic nitrogens is 3. The molecule has 74 valence electrons. The van der Waals surface area contributed by atoms with Crippen molar-refractivity contribution in [2.24, 2.45) is 0 Å². The number of aldehydes is 1. The Kier molecular flexibility index (Phi) is 2.82. The molecule has 0 fully saturated rings. The molecule has 0 aromatic carbocycles. The Hall–Kier alpha value is -1.62. The van der Waals surface area contributed by atoms with Crippen molar-refractivity contribution in [3.63, 3.8) is 0 Å². The van der Waals surface area contributed by atoms with Crippen LogP contribution in [0.1, 0.15) is 10.4 Å². The molecule has 0 aliphatic rings. The number of pyridine rings is 1. The lowest BCUT2D eigenvalue weighted by Gasteiger charge is -2.01. The molecule has 0 bridgehead atoms. The van der Waals surface area contributed by atoms with E-state index in [0.717, 1.165) is 10.0 Å². The Morgan fingerprint density at radius 1 is 1.20 bits per heavy atom. The minimum Gasteiger partial charge on any atom is -0.298 e. The van der Waals surface area contributed by atoms with Crippen LogP contribution >= 0.6 is 15.9 Å². The van der Waals surface area contributed by atoms with E-state index < -0.39 is 0 Å². The molecule has 2 rings (SSSR count). The molecule has 5 heteroatoms. The van der Waals surface area contributed by atoms with E-state index in [2.05, 4.69) is 30.9 Å². The maximum Gasteiger partial charge on any atom is 0.160 e. The summed E-state index contributed by atoms with van der Waals surface area (Å²) in [7, 11) is 0. The van der Waals surface area contributed by atoms with Crippen molar-refractivity contribution in [3.05, 3.63) is 40.9 Å². The molecule has 0 spiro atoms. The summed E-state index contributed by atoms with van der Waals surface area (Å²) in [4.78, 5) is 22.5. The van der Waals surface area contributed by atoms with Gasteiger partial charge in [0.15, 0.2) is 12.1 Å². The van der Waals surface area contributed by atoms with Gasteiger partial charge < -0.3 is 0 Å². The molecule has 0 amide bonds. The molecule has 2 aromatic heterocycles. The van der Waals surface area contributed by atoms with Crippen molar-refractivity contribution < 1.29 is 4.79 Å². The normalized spacial score (nSPS) is 9.93. The van der Waals surface area contributed by atoms with Crippen LogP contribution in [0.5, 0.6) is 0 Å². The van der Waals surface area contributed by atoms with Gasteiger partial charge in [0.2, 0.25) is 0 Å². The van der Waals surface area contributed by atoms with Crippen molar-refractivity contribution in [3.8, 4) is 11.4 Å². The predicted octanol–water partition coefficient (Wildman–Crippen LogP) is 2.11. The number of hydrogen-bond acceptors (Lipinski definition) is 4. The van der Waals surface area contributed by atoms with E-state index in [-0.39, 0.29) is 0 Å². The summed E-state index contributed by atoms with van der Waals surface area (Å²) >= 11 is 3.36. The molecule has 0 aliphatic heterocycles. The minimum atomic E-state index is 0.462. The zero-order chi connectivity index (χ0) is 10.7. The van der Waals surface area contributed by atoms with E-state index in [1.807, 2.05) is 0 Å². The second kappa shape index (κ2) is 4.27. The van der Waals surface area contributed by atoms with Crippen LogP contribution in [0.3, 0.4) is 0 Å². The lowest BCUT2D eigenvalue weighted by molar-refractivity contribution is 0.112. The Balaban J connectivity index is 2.46. The molecule has 0 radical (unpaired) electrons. The summed E-state index contributed by atoms with van der Waals surface area (Å²) in [6, 6.07) is 1.81. The number of carbonyl (C=O) groups excluding carboxylic acids is 1. The molecule has 0 unspecified atom stereocenters. The summed E-state index contributed by atoms with van der Waals surface area (Å²) in [6.45, 7) is 0. The van der Waals surface area contributed by atoms with Gasteiger partial charge in [0, 0.05) is 34.8 Å². The standard InChI is InChI=1S/C10H6BrN3O/c11-9-5-12-2-1-8(9)10-13-3-7(6-15)4-14-10/h1-6H. The number of hydrogen-bond donors (Lipinski definition) is 0. The van der Waals surface area contributed by atoms with Gasteiger partial charge in [-0.1, -0.05) is 0 Å². The third kappa shape index (κ3) is 2.07. The molecular formula is C10H6BrN3O. The van der Waals surface area contributed by atoms with Crippen LogP contribution in [0.15, 0.2) is 35.3 Å². The van der Waals surface area contributed by atoms with E-state index >= 15 is 0 Å². The van der Waals surface area contributed by atoms with Crippen LogP contribution in [-0.2, 0) is 0 Å². The maximum atomic E-state index is 10.4. The molecule has 0 saturated carbocycles. The Bertz CT molecular complexity index is 484. The number of nitrogens with zero attached hydrogens (tertiary/aromatic N) is 3. The Morgan fingerprint density at radius 2 is 1.93 bits per heavy atom. The third-order valence-electron chi connectivity index (χ3n) is 1.82. The van der Waals surface area contributed by atoms with Crippen LogP contribution in [0.4, 0.5) is 0 Å². The van der Waals surface area contributed by atoms with E-state index in [0.29, 0.717) is 17.7 Å². The first-order chi connectivity index (χ1) is 7.31. The van der Waals surface area contributed by atoms with Crippen LogP contribution < -0.4 is 0 Å². The number of rotatable bonds is 2. The van der Waals surface area contributed by atoms with Crippen LogP contribution in [0.25, 0.3) is 11.4 Å². The zero-order valence-corrected chi connectivity index (χ0v) is 9.18. The first-order valence-electron chi connectivity index (χ1n) is 4.18. The molecule has 4 nitrogen and oxygen atoms in total. The molecule has 2 heterocycles. The van der Waals surface area contributed by atoms with Crippen molar-refractivity contribution in [1.82, 2.24) is 15.0 Å². The van der Waals surface area contributed by atoms with E-state index in [1.54, 1.807) is 18.5 Å². The molecule has 0 aliphatic carbocycles. The van der Waals surface area contributed by atoms with Gasteiger partial charge in [0.1, 0.15) is 0 Å². The van der Waals surface area contributed by atoms with Gasteiger partial charge in [0.05, 0.1) is 5.56 Å². The molecular weight excluding hydrogens is 258 g/mol. The summed E-state index contributed by atoms with van der Waals surface area (Å²) in [6.07, 6.45) is 7.03. The summed E-state index contributed by atoms with van der Waals surface area (Å²) < 4.78 is 0.823. The fourth-order valence-corrected chi connectivity index (χ4v) is 1.52. The zero-order valence-electron chi connectivity index (χ0n) is 7.59. The fraction of sp³-hybridized carbons (Fsp3) is 0. The summed E-state index contributed by atoms with van der Waals surface area (Å²) in [5.41, 5.74) is 1.31. The van der Waals surface area contributed by atoms with Gasteiger partial charge in [-0.2, -0.15) is 0 Å². The van der Waals surface area contributed by atoms with Gasteiger partial charge in [0.25, 0.3) is 0 Å². The molecule has 15 heavy (non-hydrogen) atoms. The van der Waals surface area contributed by atoms with Gasteiger partial charge in [-0.15, -0.1) is 0 Å². The van der Waals surface area contributed by atoms with Crippen LogP contribution in [0, 0.1) is 0 Å². The lowest BCUT2D eigenvalue weighted by Crippen LogP contribution is -1.92. The SMILES string of the molecule is O=Cc1cnc(-c2ccncc2Br)nc1. The van der Waals surface area contributed by atoms with Crippen molar-refractivity contribution >= 4 is 22.2 Å². The fourth-order valence-electron chi connectivity index (χ4n) is 1.09. The highest BCUT2D eigenvalue weighted by Gasteiger charge is 2.04. The van der Waals surface area contributed by atoms with Gasteiger partial charge in [-0.05, 0) is 22.0 Å². The highest BCUT2D eigenvalue weighted by molar-refractivity contribution is 9.10. The molecule has 0 atom stereocenters. The first kappa shape index (κ1) is 9.92. The second-order valence-electron chi connectivity index (χ2n) is 2.81. The van der Waals surface area contributed by atoms with Gasteiger partial charge in [-0.3, -0.25) is 9.78 Å². The van der Waals surface area contributed by atoms with E-state index in [4.69, 9.17) is 0 Å². The highest BCUT2D eigenvalue weighted by atomic mass is 79.9. The highest BCUT2D eigenvalue weighted by Crippen LogP contribution is 2.23. The van der Waals surface area contributed by atoms with Gasteiger partial charge >= 0.3 is 0 Å².